The van der Waals surface area contributed by atoms with E-state index in [0.717, 1.165) is 12.1 Å². The minimum Gasteiger partial charge on any atom is -0.390 e. The van der Waals surface area contributed by atoms with E-state index in [1.807, 2.05) is 4.90 Å². The zero-order chi connectivity index (χ0) is 14.0. The number of halogens is 2. The Labute approximate surface area is 110 Å². The molecule has 2 rings (SSSR count). The Morgan fingerprint density at radius 1 is 1.32 bits per heavy atom. The summed E-state index contributed by atoms with van der Waals surface area (Å²) in [5.74, 6) is -2.21. The number of nitrogens with zero attached hydrogens (tertiary/aromatic N) is 1. The van der Waals surface area contributed by atoms with Crippen LogP contribution in [0.5, 0.6) is 0 Å². The number of benzene rings is 1. The van der Waals surface area contributed by atoms with Crippen molar-refractivity contribution < 1.29 is 18.7 Å². The Morgan fingerprint density at radius 2 is 1.84 bits per heavy atom. The van der Waals surface area contributed by atoms with E-state index in [2.05, 4.69) is 0 Å². The summed E-state index contributed by atoms with van der Waals surface area (Å²) in [5.41, 5.74) is -1.18. The van der Waals surface area contributed by atoms with Crippen LogP contribution in [0.3, 0.4) is 0 Å². The fraction of sp³-hybridized carbons (Fsp3) is 0.500. The van der Waals surface area contributed by atoms with Gasteiger partial charge < -0.3 is 5.11 Å². The molecule has 104 valence electrons. The van der Waals surface area contributed by atoms with Crippen LogP contribution in [0.1, 0.15) is 30.1 Å². The highest BCUT2D eigenvalue weighted by Gasteiger charge is 2.29. The van der Waals surface area contributed by atoms with E-state index in [-0.39, 0.29) is 6.54 Å². The van der Waals surface area contributed by atoms with E-state index >= 15 is 0 Å². The highest BCUT2D eigenvalue weighted by molar-refractivity contribution is 5.98. The van der Waals surface area contributed by atoms with Crippen molar-refractivity contribution in [1.82, 2.24) is 4.90 Å². The Hall–Kier alpha value is -1.33. The maximum Gasteiger partial charge on any atom is 0.182 e. The number of carbonyl (C=O) groups excluding carboxylic acids is 1. The van der Waals surface area contributed by atoms with Crippen molar-refractivity contribution in [3.05, 3.63) is 35.4 Å². The smallest absolute Gasteiger partial charge is 0.182 e. The van der Waals surface area contributed by atoms with Crippen LogP contribution in [0.4, 0.5) is 8.78 Å². The molecule has 1 N–H and O–H groups in total. The fourth-order valence-electron chi connectivity index (χ4n) is 2.24. The molecule has 5 heteroatoms. The molecule has 3 nitrogen and oxygen atoms in total. The molecule has 1 saturated heterocycles. The third-order valence-electron chi connectivity index (χ3n) is 3.54. The second-order valence-electron chi connectivity index (χ2n) is 5.29. The molecule has 19 heavy (non-hydrogen) atoms. The molecule has 1 aromatic rings. The van der Waals surface area contributed by atoms with Gasteiger partial charge in [-0.3, -0.25) is 9.69 Å². The van der Waals surface area contributed by atoms with Gasteiger partial charge in [-0.15, -0.1) is 0 Å². The first-order valence-corrected chi connectivity index (χ1v) is 6.31. The maximum absolute atomic E-state index is 13.5. The van der Waals surface area contributed by atoms with Crippen molar-refractivity contribution in [3.8, 4) is 0 Å². The number of carbonyl (C=O) groups is 1. The lowest BCUT2D eigenvalue weighted by molar-refractivity contribution is -0.00426. The van der Waals surface area contributed by atoms with Crippen molar-refractivity contribution in [3.63, 3.8) is 0 Å². The van der Waals surface area contributed by atoms with Gasteiger partial charge in [0.15, 0.2) is 5.78 Å². The van der Waals surface area contributed by atoms with Crippen molar-refractivity contribution in [1.29, 1.82) is 0 Å². The van der Waals surface area contributed by atoms with Crippen molar-refractivity contribution in [2.24, 2.45) is 0 Å². The molecular weight excluding hydrogens is 252 g/mol. The average molecular weight is 269 g/mol. The van der Waals surface area contributed by atoms with E-state index in [0.29, 0.717) is 25.9 Å². The third-order valence-corrected chi connectivity index (χ3v) is 3.54. The second kappa shape index (κ2) is 5.35. The molecule has 0 saturated carbocycles. The van der Waals surface area contributed by atoms with Crippen LogP contribution in [-0.4, -0.2) is 41.0 Å². The molecule has 0 atom stereocenters. The van der Waals surface area contributed by atoms with Crippen LogP contribution in [-0.2, 0) is 0 Å². The number of piperidine rings is 1. The number of hydrogen-bond acceptors (Lipinski definition) is 3. The van der Waals surface area contributed by atoms with Crippen molar-refractivity contribution >= 4 is 5.78 Å². The van der Waals surface area contributed by atoms with Gasteiger partial charge in [-0.25, -0.2) is 8.78 Å². The molecule has 1 aliphatic heterocycles. The van der Waals surface area contributed by atoms with Crippen molar-refractivity contribution in [2.45, 2.75) is 25.4 Å². The first-order valence-electron chi connectivity index (χ1n) is 6.31. The van der Waals surface area contributed by atoms with Gasteiger partial charge in [-0.05, 0) is 31.9 Å². The number of Topliss-reactive ketones (excluding diaryl/α,β-unsaturated/α-hetero) is 1. The van der Waals surface area contributed by atoms with Gasteiger partial charge in [0.05, 0.1) is 17.7 Å². The standard InChI is InChI=1S/C14H17F2NO2/c1-14(19)5-7-17(8-6-14)9-12(18)13-10(15)3-2-4-11(13)16/h2-4,19H,5-9H2,1H3. The predicted molar refractivity (Wildman–Crippen MR) is 67.0 cm³/mol. The second-order valence-corrected chi connectivity index (χ2v) is 5.29. The van der Waals surface area contributed by atoms with Crippen LogP contribution < -0.4 is 0 Å². The summed E-state index contributed by atoms with van der Waals surface area (Å²) >= 11 is 0. The van der Waals surface area contributed by atoms with Gasteiger partial charge in [0.25, 0.3) is 0 Å². The van der Waals surface area contributed by atoms with Crippen LogP contribution in [0.2, 0.25) is 0 Å². The normalized spacial score (nSPS) is 19.4. The molecule has 1 aromatic carbocycles. The molecule has 0 amide bonds. The van der Waals surface area contributed by atoms with E-state index in [1.54, 1.807) is 6.92 Å². The van der Waals surface area contributed by atoms with Crippen LogP contribution in [0.15, 0.2) is 18.2 Å². The minimum absolute atomic E-state index is 0.0199. The van der Waals surface area contributed by atoms with Gasteiger partial charge in [0, 0.05) is 13.1 Å². The Morgan fingerprint density at radius 3 is 2.37 bits per heavy atom. The van der Waals surface area contributed by atoms with Gasteiger partial charge >= 0.3 is 0 Å². The van der Waals surface area contributed by atoms with E-state index < -0.39 is 28.6 Å². The molecule has 0 unspecified atom stereocenters. The summed E-state index contributed by atoms with van der Waals surface area (Å²) in [5, 5.41) is 9.80. The Balaban J connectivity index is 2.02. The molecule has 0 aliphatic carbocycles. The summed E-state index contributed by atoms with van der Waals surface area (Å²) in [6, 6.07) is 3.40. The van der Waals surface area contributed by atoms with E-state index in [1.165, 1.54) is 6.07 Å². The number of hydrogen-bond donors (Lipinski definition) is 1. The first-order chi connectivity index (χ1) is 8.89. The lowest BCUT2D eigenvalue weighted by atomic mass is 9.93. The fourth-order valence-corrected chi connectivity index (χ4v) is 2.24. The molecule has 0 spiro atoms. The summed E-state index contributed by atoms with van der Waals surface area (Å²) in [4.78, 5) is 13.7. The highest BCUT2D eigenvalue weighted by Crippen LogP contribution is 2.21. The molecular formula is C14H17F2NO2. The monoisotopic (exact) mass is 269 g/mol. The SMILES string of the molecule is CC1(O)CCN(CC(=O)c2c(F)cccc2F)CC1. The zero-order valence-electron chi connectivity index (χ0n) is 10.8. The largest absolute Gasteiger partial charge is 0.390 e. The van der Waals surface area contributed by atoms with E-state index in [9.17, 15) is 18.7 Å². The summed E-state index contributed by atoms with van der Waals surface area (Å²) < 4.78 is 26.9. The Kier molecular flexibility index (Phi) is 3.96. The van der Waals surface area contributed by atoms with Gasteiger partial charge in [0.2, 0.25) is 0 Å². The van der Waals surface area contributed by atoms with Crippen LogP contribution in [0.25, 0.3) is 0 Å². The van der Waals surface area contributed by atoms with Crippen molar-refractivity contribution in [2.75, 3.05) is 19.6 Å². The molecule has 1 aliphatic rings. The average Bonchev–Trinajstić information content (AvgIpc) is 2.32. The molecule has 0 aromatic heterocycles. The lowest BCUT2D eigenvalue weighted by Gasteiger charge is -2.35. The molecule has 1 heterocycles. The first kappa shape index (κ1) is 14.1. The van der Waals surface area contributed by atoms with Gasteiger partial charge in [0.1, 0.15) is 11.6 Å². The number of ketones is 1. The summed E-state index contributed by atoms with van der Waals surface area (Å²) in [7, 11) is 0. The van der Waals surface area contributed by atoms with Gasteiger partial charge in [-0.2, -0.15) is 0 Å². The number of aliphatic hydroxyl groups is 1. The number of likely N-dealkylation sites (tertiary alicyclic amines) is 1. The molecule has 1 fully saturated rings. The van der Waals surface area contributed by atoms with Crippen LogP contribution >= 0.6 is 0 Å². The Bertz CT molecular complexity index is 458. The zero-order valence-corrected chi connectivity index (χ0v) is 10.8. The summed E-state index contributed by atoms with van der Waals surface area (Å²) in [6.45, 7) is 2.83. The van der Waals surface area contributed by atoms with Gasteiger partial charge in [-0.1, -0.05) is 6.07 Å². The predicted octanol–water partition coefficient (Wildman–Crippen LogP) is 1.99. The summed E-state index contributed by atoms with van der Waals surface area (Å²) in [6.07, 6.45) is 1.11. The quantitative estimate of drug-likeness (QED) is 0.853. The lowest BCUT2D eigenvalue weighted by Crippen LogP contribution is -2.44. The van der Waals surface area contributed by atoms with Crippen LogP contribution in [0, 0.1) is 11.6 Å². The number of rotatable bonds is 3. The van der Waals surface area contributed by atoms with E-state index in [4.69, 9.17) is 0 Å². The molecule has 0 bridgehead atoms. The minimum atomic E-state index is -0.825. The third kappa shape index (κ3) is 3.36. The maximum atomic E-state index is 13.5. The molecule has 0 radical (unpaired) electrons. The topological polar surface area (TPSA) is 40.5 Å². The highest BCUT2D eigenvalue weighted by atomic mass is 19.1.